The summed E-state index contributed by atoms with van der Waals surface area (Å²) in [6, 6.07) is 1.46. The Labute approximate surface area is 209 Å². The van der Waals surface area contributed by atoms with E-state index in [4.69, 9.17) is 25.6 Å². The number of aromatic nitrogens is 5. The van der Waals surface area contributed by atoms with Gasteiger partial charge in [-0.25, -0.2) is 9.78 Å². The van der Waals surface area contributed by atoms with Crippen LogP contribution in [0.2, 0.25) is 5.28 Å². The summed E-state index contributed by atoms with van der Waals surface area (Å²) < 4.78 is 17.6. The third-order valence-corrected chi connectivity index (χ3v) is 6.46. The average molecular weight is 524 g/mol. The van der Waals surface area contributed by atoms with Crippen molar-refractivity contribution in [2.45, 2.75) is 57.0 Å². The number of carbonyl (C=O) groups is 1. The van der Waals surface area contributed by atoms with Gasteiger partial charge in [0.2, 0.25) is 5.28 Å². The van der Waals surface area contributed by atoms with E-state index in [9.17, 15) is 20.1 Å². The minimum Gasteiger partial charge on any atom is -0.450 e. The molecule has 0 unspecified atom stereocenters. The van der Waals surface area contributed by atoms with Crippen molar-refractivity contribution in [3.8, 4) is 0 Å². The molecule has 0 radical (unpaired) electrons. The molecule has 2 saturated heterocycles. The summed E-state index contributed by atoms with van der Waals surface area (Å²) >= 11 is 6.21. The molecule has 0 aromatic carbocycles. The normalized spacial score (nSPS) is 25.0. The maximum absolute atomic E-state index is 12.0. The number of anilines is 1. The van der Waals surface area contributed by atoms with E-state index in [1.807, 2.05) is 0 Å². The number of nitrogens with one attached hydrogen (secondary N) is 1. The molecule has 14 nitrogen and oxygen atoms in total. The van der Waals surface area contributed by atoms with Gasteiger partial charge in [0.05, 0.1) is 19.5 Å². The number of halogens is 1. The van der Waals surface area contributed by atoms with Crippen molar-refractivity contribution in [1.82, 2.24) is 29.6 Å². The first-order chi connectivity index (χ1) is 17.4. The second kappa shape index (κ2) is 10.1. The highest BCUT2D eigenvalue weighted by Gasteiger charge is 2.47. The monoisotopic (exact) mass is 523 g/mol. The fourth-order valence-corrected chi connectivity index (χ4v) is 4.62. The molecule has 5 heterocycles. The van der Waals surface area contributed by atoms with E-state index in [1.54, 1.807) is 11.8 Å². The van der Waals surface area contributed by atoms with Crippen LogP contribution in [0.4, 0.5) is 10.6 Å². The van der Waals surface area contributed by atoms with Crippen LogP contribution in [-0.4, -0.2) is 88.9 Å². The van der Waals surface area contributed by atoms with Crippen molar-refractivity contribution in [1.29, 1.82) is 0 Å². The van der Waals surface area contributed by atoms with Gasteiger partial charge >= 0.3 is 6.09 Å². The number of hydrogen-bond donors (Lipinski definition) is 4. The fourth-order valence-electron chi connectivity index (χ4n) is 4.45. The second-order valence-corrected chi connectivity index (χ2v) is 8.92. The fraction of sp³-hybridized carbons (Fsp3) is 0.571. The minimum absolute atomic E-state index is 0.0155. The minimum atomic E-state index is -1.34. The van der Waals surface area contributed by atoms with Gasteiger partial charge in [-0.15, -0.1) is 0 Å². The average Bonchev–Trinajstić information content (AvgIpc) is 3.58. The zero-order valence-electron chi connectivity index (χ0n) is 19.3. The van der Waals surface area contributed by atoms with E-state index in [0.717, 1.165) is 0 Å². The lowest BCUT2D eigenvalue weighted by molar-refractivity contribution is -0.0434. The number of aliphatic hydroxyl groups is 3. The van der Waals surface area contributed by atoms with Crippen LogP contribution in [0, 0.1) is 0 Å². The highest BCUT2D eigenvalue weighted by Crippen LogP contribution is 2.40. The number of ether oxygens (including phenoxy) is 2. The van der Waals surface area contributed by atoms with Crippen LogP contribution in [0.15, 0.2) is 16.9 Å². The number of carbonyl (C=O) groups excluding carboxylic acids is 1. The summed E-state index contributed by atoms with van der Waals surface area (Å²) in [7, 11) is 0. The first-order valence-corrected chi connectivity index (χ1v) is 11.9. The standard InChI is InChI=1S/C21H26ClN7O7/c1-2-34-21(33)28-5-3-10(4-6-28)24-17-13-18(26-20(22)25-17)29(9-23-13)19-15(32)14(31)16(35-19)12-7-11(8-30)27-36-12/h7,9-10,14-16,19,30-32H,2-6,8H2,1H3,(H,24,25,26)/t14-,15-,16+,19+/m0/s1. The summed E-state index contributed by atoms with van der Waals surface area (Å²) in [5, 5.41) is 37.5. The number of amides is 1. The molecule has 4 N–H and O–H groups in total. The molecule has 4 atom stereocenters. The smallest absolute Gasteiger partial charge is 0.409 e. The molecule has 0 saturated carbocycles. The number of rotatable bonds is 6. The van der Waals surface area contributed by atoms with Crippen molar-refractivity contribution in [3.05, 3.63) is 29.1 Å². The largest absolute Gasteiger partial charge is 0.450 e. The molecule has 15 heteroatoms. The van der Waals surface area contributed by atoms with E-state index in [-0.39, 0.29) is 35.5 Å². The Morgan fingerprint density at radius 2 is 2.06 bits per heavy atom. The van der Waals surface area contributed by atoms with Gasteiger partial charge in [-0.1, -0.05) is 5.16 Å². The first-order valence-electron chi connectivity index (χ1n) is 11.6. The molecule has 0 spiro atoms. The summed E-state index contributed by atoms with van der Waals surface area (Å²) in [5.74, 6) is 0.576. The Morgan fingerprint density at radius 1 is 1.28 bits per heavy atom. The van der Waals surface area contributed by atoms with Crippen molar-refractivity contribution < 1.29 is 34.1 Å². The van der Waals surface area contributed by atoms with Crippen molar-refractivity contribution >= 4 is 34.7 Å². The third kappa shape index (κ3) is 4.57. The Hall–Kier alpha value is -3.04. The van der Waals surface area contributed by atoms with Crippen LogP contribution < -0.4 is 5.32 Å². The number of imidazole rings is 1. The number of likely N-dealkylation sites (tertiary alicyclic amines) is 1. The molecule has 0 bridgehead atoms. The van der Waals surface area contributed by atoms with E-state index >= 15 is 0 Å². The third-order valence-electron chi connectivity index (χ3n) is 6.29. The lowest BCUT2D eigenvalue weighted by atomic mass is 10.1. The highest BCUT2D eigenvalue weighted by molar-refractivity contribution is 6.28. The van der Waals surface area contributed by atoms with Crippen LogP contribution >= 0.6 is 11.6 Å². The Balaban J connectivity index is 1.35. The number of piperidine rings is 1. The zero-order valence-corrected chi connectivity index (χ0v) is 20.1. The molecule has 36 heavy (non-hydrogen) atoms. The number of nitrogens with zero attached hydrogens (tertiary/aromatic N) is 6. The quantitative estimate of drug-likeness (QED) is 0.337. The van der Waals surface area contributed by atoms with Crippen LogP contribution in [0.25, 0.3) is 11.2 Å². The van der Waals surface area contributed by atoms with Gasteiger partial charge in [-0.05, 0) is 31.4 Å². The molecule has 194 valence electrons. The zero-order chi connectivity index (χ0) is 25.4. The molecule has 1 amide bonds. The lowest BCUT2D eigenvalue weighted by Gasteiger charge is -2.31. The van der Waals surface area contributed by atoms with Crippen LogP contribution in [0.3, 0.4) is 0 Å². The van der Waals surface area contributed by atoms with E-state index in [1.165, 1.54) is 17.0 Å². The molecular formula is C21H26ClN7O7. The molecule has 3 aromatic rings. The molecular weight excluding hydrogens is 498 g/mol. The molecule has 3 aromatic heterocycles. The van der Waals surface area contributed by atoms with Crippen LogP contribution in [0.5, 0.6) is 0 Å². The summed E-state index contributed by atoms with van der Waals surface area (Å²) in [4.78, 5) is 26.6. The predicted octanol–water partition coefficient (Wildman–Crippen LogP) is 0.985. The number of aliphatic hydroxyl groups excluding tert-OH is 3. The van der Waals surface area contributed by atoms with E-state index in [2.05, 4.69) is 25.4 Å². The Kier molecular flexibility index (Phi) is 6.94. The number of fused-ring (bicyclic) bond motifs is 1. The van der Waals surface area contributed by atoms with E-state index < -0.39 is 24.5 Å². The molecule has 0 aliphatic carbocycles. The van der Waals surface area contributed by atoms with E-state index in [0.29, 0.717) is 49.5 Å². The van der Waals surface area contributed by atoms with Gasteiger partial charge in [-0.3, -0.25) is 4.57 Å². The summed E-state index contributed by atoms with van der Waals surface area (Å²) in [5.41, 5.74) is 0.977. The maximum atomic E-state index is 12.0. The second-order valence-electron chi connectivity index (χ2n) is 8.58. The Bertz CT molecular complexity index is 1230. The van der Waals surface area contributed by atoms with Crippen molar-refractivity contribution in [2.24, 2.45) is 0 Å². The van der Waals surface area contributed by atoms with Gasteiger partial charge < -0.3 is 39.5 Å². The van der Waals surface area contributed by atoms with Crippen molar-refractivity contribution in [3.63, 3.8) is 0 Å². The van der Waals surface area contributed by atoms with Gasteiger partial charge in [0.1, 0.15) is 24.0 Å². The Morgan fingerprint density at radius 3 is 2.75 bits per heavy atom. The van der Waals surface area contributed by atoms with Gasteiger partial charge in [0.25, 0.3) is 0 Å². The van der Waals surface area contributed by atoms with Gasteiger partial charge in [0.15, 0.2) is 29.0 Å². The molecule has 5 rings (SSSR count). The van der Waals surface area contributed by atoms with Crippen LogP contribution in [-0.2, 0) is 16.1 Å². The summed E-state index contributed by atoms with van der Waals surface area (Å²) in [6.45, 7) is 2.84. The maximum Gasteiger partial charge on any atom is 0.409 e. The number of hydrogen-bond acceptors (Lipinski definition) is 12. The first kappa shape index (κ1) is 24.6. The molecule has 2 aliphatic rings. The molecule has 2 fully saturated rings. The van der Waals surface area contributed by atoms with Gasteiger partial charge in [0, 0.05) is 25.2 Å². The predicted molar refractivity (Wildman–Crippen MR) is 123 cm³/mol. The SMILES string of the molecule is CCOC(=O)N1CCC(Nc2nc(Cl)nc3c2ncn3[C@@H]2O[C@H](c3cc(CO)no3)[C@@H](O)[C@@H]2O)CC1. The van der Waals surface area contributed by atoms with Crippen molar-refractivity contribution in [2.75, 3.05) is 25.0 Å². The van der Waals surface area contributed by atoms with Gasteiger partial charge in [-0.2, -0.15) is 9.97 Å². The molecule has 2 aliphatic heterocycles. The summed E-state index contributed by atoms with van der Waals surface area (Å²) in [6.07, 6.45) is -2.29. The lowest BCUT2D eigenvalue weighted by Crippen LogP contribution is -2.42. The van der Waals surface area contributed by atoms with Crippen LogP contribution in [0.1, 0.15) is 43.6 Å². The highest BCUT2D eigenvalue weighted by atomic mass is 35.5. The topological polar surface area (TPSA) is 181 Å².